The minimum Gasteiger partial charge on any atom is -0.361 e. The van der Waals surface area contributed by atoms with E-state index in [1.165, 1.54) is 10.8 Å². The Hall–Kier alpha value is -2.34. The molecular formula is C10H9N5O2. The summed E-state index contributed by atoms with van der Waals surface area (Å²) >= 11 is 0. The molecule has 2 rings (SSSR count). The average molecular weight is 231 g/mol. The molecule has 0 saturated heterocycles. The van der Waals surface area contributed by atoms with Crippen molar-refractivity contribution in [1.29, 1.82) is 0 Å². The van der Waals surface area contributed by atoms with Gasteiger partial charge in [-0.3, -0.25) is 10.5 Å². The minimum absolute atomic E-state index is 0.211. The molecule has 0 aliphatic carbocycles. The zero-order chi connectivity index (χ0) is 12.4. The Balaban J connectivity index is 2.72. The first-order valence-corrected chi connectivity index (χ1v) is 4.78. The Kier molecular flexibility index (Phi) is 2.80. The number of benzene rings is 1. The van der Waals surface area contributed by atoms with E-state index in [0.29, 0.717) is 10.9 Å². The first kappa shape index (κ1) is 11.2. The van der Waals surface area contributed by atoms with Gasteiger partial charge < -0.3 is 9.67 Å². The summed E-state index contributed by atoms with van der Waals surface area (Å²) in [5.74, 6) is -0.705. The van der Waals surface area contributed by atoms with Crippen molar-refractivity contribution in [1.82, 2.24) is 4.57 Å². The molecule has 0 saturated carbocycles. The van der Waals surface area contributed by atoms with Crippen molar-refractivity contribution in [3.05, 3.63) is 46.5 Å². The number of amides is 1. The molecule has 7 heteroatoms. The van der Waals surface area contributed by atoms with Gasteiger partial charge >= 0.3 is 0 Å². The standard InChI is InChI=1S/C10H9N5O2/c11-10(17)15-5-7(9(16)13-14-12)6-3-1-2-4-8(6)15/h1-5,10,17H,11H2. The molecular weight excluding hydrogens is 222 g/mol. The van der Waals surface area contributed by atoms with Crippen LogP contribution in [-0.4, -0.2) is 15.6 Å². The summed E-state index contributed by atoms with van der Waals surface area (Å²) in [5.41, 5.74) is 14.4. The van der Waals surface area contributed by atoms with Crippen LogP contribution in [0.15, 0.2) is 35.6 Å². The van der Waals surface area contributed by atoms with Gasteiger partial charge in [0.15, 0.2) is 6.35 Å². The van der Waals surface area contributed by atoms with Crippen LogP contribution in [0.4, 0.5) is 0 Å². The second-order valence-corrected chi connectivity index (χ2v) is 3.38. The van der Waals surface area contributed by atoms with Gasteiger partial charge in [0.25, 0.3) is 5.91 Å². The Labute approximate surface area is 95.7 Å². The highest BCUT2D eigenvalue weighted by Crippen LogP contribution is 2.23. The van der Waals surface area contributed by atoms with Crippen LogP contribution in [0, 0.1) is 0 Å². The fourth-order valence-electron chi connectivity index (χ4n) is 1.69. The van der Waals surface area contributed by atoms with E-state index in [1.54, 1.807) is 24.3 Å². The lowest BCUT2D eigenvalue weighted by atomic mass is 10.2. The number of aliphatic hydroxyl groups is 1. The molecule has 2 aromatic rings. The van der Waals surface area contributed by atoms with Gasteiger partial charge in [0.2, 0.25) is 0 Å². The maximum absolute atomic E-state index is 11.5. The summed E-state index contributed by atoms with van der Waals surface area (Å²) in [6.45, 7) is 0. The van der Waals surface area contributed by atoms with Gasteiger partial charge in [-0.25, -0.2) is 0 Å². The molecule has 0 aliphatic heterocycles. The van der Waals surface area contributed by atoms with Crippen molar-refractivity contribution in [3.8, 4) is 0 Å². The van der Waals surface area contributed by atoms with Gasteiger partial charge in [0.05, 0.1) is 11.1 Å². The fourth-order valence-corrected chi connectivity index (χ4v) is 1.69. The van der Waals surface area contributed by atoms with Crippen molar-refractivity contribution < 1.29 is 9.90 Å². The third-order valence-electron chi connectivity index (χ3n) is 2.39. The second kappa shape index (κ2) is 4.26. The summed E-state index contributed by atoms with van der Waals surface area (Å²) in [6, 6.07) is 6.89. The normalized spacial score (nSPS) is 12.1. The third-order valence-corrected chi connectivity index (χ3v) is 2.39. The highest BCUT2D eigenvalue weighted by Gasteiger charge is 2.15. The SMILES string of the molecule is [N-]=[N+]=NC(=O)c1cn(C(N)O)c2ccccc12. The molecule has 1 unspecified atom stereocenters. The molecule has 1 atom stereocenters. The number of carbonyl (C=O) groups excluding carboxylic acids is 1. The lowest BCUT2D eigenvalue weighted by Gasteiger charge is -2.07. The number of aromatic nitrogens is 1. The van der Waals surface area contributed by atoms with Crippen molar-refractivity contribution >= 4 is 16.8 Å². The summed E-state index contributed by atoms with van der Waals surface area (Å²) in [7, 11) is 0. The molecule has 3 N–H and O–H groups in total. The van der Waals surface area contributed by atoms with Crippen LogP contribution in [0.1, 0.15) is 16.7 Å². The zero-order valence-electron chi connectivity index (χ0n) is 8.69. The van der Waals surface area contributed by atoms with Gasteiger partial charge in [-0.1, -0.05) is 18.2 Å². The topological polar surface area (TPSA) is 117 Å². The molecule has 0 radical (unpaired) electrons. The van der Waals surface area contributed by atoms with E-state index < -0.39 is 12.3 Å². The molecule has 0 fully saturated rings. The van der Waals surface area contributed by atoms with Gasteiger partial charge in [-0.2, -0.15) is 0 Å². The minimum atomic E-state index is -1.26. The summed E-state index contributed by atoms with van der Waals surface area (Å²) in [6.07, 6.45) is 0.110. The van der Waals surface area contributed by atoms with Crippen LogP contribution >= 0.6 is 0 Å². The van der Waals surface area contributed by atoms with Crippen LogP contribution in [0.25, 0.3) is 21.3 Å². The smallest absolute Gasteiger partial charge is 0.251 e. The van der Waals surface area contributed by atoms with Gasteiger partial charge in [-0.05, 0) is 16.7 Å². The highest BCUT2D eigenvalue weighted by atomic mass is 16.3. The molecule has 1 aromatic heterocycles. The maximum Gasteiger partial charge on any atom is 0.251 e. The van der Waals surface area contributed by atoms with E-state index in [1.807, 2.05) is 0 Å². The van der Waals surface area contributed by atoms with Crippen LogP contribution in [0.2, 0.25) is 0 Å². The van der Waals surface area contributed by atoms with Gasteiger partial charge in [0, 0.05) is 16.5 Å². The molecule has 0 spiro atoms. The second-order valence-electron chi connectivity index (χ2n) is 3.38. The number of hydrogen-bond donors (Lipinski definition) is 2. The molecule has 0 aliphatic rings. The number of nitrogens with zero attached hydrogens (tertiary/aromatic N) is 4. The third kappa shape index (κ3) is 1.85. The first-order chi connectivity index (χ1) is 8.15. The predicted molar refractivity (Wildman–Crippen MR) is 60.9 cm³/mol. The Morgan fingerprint density at radius 3 is 2.88 bits per heavy atom. The number of azide groups is 1. The largest absolute Gasteiger partial charge is 0.361 e. The lowest BCUT2D eigenvalue weighted by molar-refractivity contribution is 0.0998. The van der Waals surface area contributed by atoms with E-state index in [9.17, 15) is 9.90 Å². The number of aliphatic hydroxyl groups excluding tert-OH is 1. The number of fused-ring (bicyclic) bond motifs is 1. The monoisotopic (exact) mass is 231 g/mol. The van der Waals surface area contributed by atoms with Gasteiger partial charge in [-0.15, -0.1) is 0 Å². The summed E-state index contributed by atoms with van der Waals surface area (Å²) in [5, 5.41) is 13.0. The van der Waals surface area contributed by atoms with E-state index in [0.717, 1.165) is 0 Å². The molecule has 1 heterocycles. The van der Waals surface area contributed by atoms with E-state index in [4.69, 9.17) is 11.3 Å². The average Bonchev–Trinajstić information content (AvgIpc) is 2.69. The molecule has 1 aromatic carbocycles. The van der Waals surface area contributed by atoms with Gasteiger partial charge in [0.1, 0.15) is 0 Å². The van der Waals surface area contributed by atoms with Crippen LogP contribution in [0.3, 0.4) is 0 Å². The maximum atomic E-state index is 11.5. The van der Waals surface area contributed by atoms with Crippen LogP contribution in [0.5, 0.6) is 0 Å². The summed E-state index contributed by atoms with van der Waals surface area (Å²) < 4.78 is 1.33. The fraction of sp³-hybridized carbons (Fsp3) is 0.100. The Morgan fingerprint density at radius 2 is 2.24 bits per heavy atom. The number of hydrogen-bond acceptors (Lipinski definition) is 3. The van der Waals surface area contributed by atoms with Crippen molar-refractivity contribution in [2.75, 3.05) is 0 Å². The van der Waals surface area contributed by atoms with Crippen LogP contribution in [-0.2, 0) is 0 Å². The first-order valence-electron chi connectivity index (χ1n) is 4.78. The zero-order valence-corrected chi connectivity index (χ0v) is 8.69. The van der Waals surface area contributed by atoms with E-state index >= 15 is 0 Å². The molecule has 0 bridgehead atoms. The highest BCUT2D eigenvalue weighted by molar-refractivity contribution is 6.07. The summed E-state index contributed by atoms with van der Waals surface area (Å²) in [4.78, 5) is 14.0. The van der Waals surface area contributed by atoms with E-state index in [-0.39, 0.29) is 5.56 Å². The Morgan fingerprint density at radius 1 is 1.53 bits per heavy atom. The van der Waals surface area contributed by atoms with Crippen molar-refractivity contribution in [2.24, 2.45) is 10.8 Å². The van der Waals surface area contributed by atoms with Crippen LogP contribution < -0.4 is 5.73 Å². The quantitative estimate of drug-likeness (QED) is 0.353. The predicted octanol–water partition coefficient (Wildman–Crippen LogP) is 1.50. The number of rotatable bonds is 2. The molecule has 17 heavy (non-hydrogen) atoms. The van der Waals surface area contributed by atoms with E-state index in [2.05, 4.69) is 10.0 Å². The Bertz CT molecular complexity index is 625. The molecule has 7 nitrogen and oxygen atoms in total. The lowest BCUT2D eigenvalue weighted by Crippen LogP contribution is -2.16. The number of carbonyl (C=O) groups is 1. The van der Waals surface area contributed by atoms with Crippen molar-refractivity contribution in [3.63, 3.8) is 0 Å². The molecule has 1 amide bonds. The molecule has 86 valence electrons. The number of para-hydroxylation sites is 1. The van der Waals surface area contributed by atoms with Crippen molar-refractivity contribution in [2.45, 2.75) is 6.35 Å². The number of nitrogens with two attached hydrogens (primary N) is 1.